The minimum absolute atomic E-state index is 0.0326. The van der Waals surface area contributed by atoms with Crippen molar-refractivity contribution in [2.24, 2.45) is 0 Å². The third-order valence-electron chi connectivity index (χ3n) is 4.73. The summed E-state index contributed by atoms with van der Waals surface area (Å²) in [6, 6.07) is 16.5. The van der Waals surface area contributed by atoms with E-state index in [-0.39, 0.29) is 18.2 Å². The lowest BCUT2D eigenvalue weighted by Gasteiger charge is -2.10. The van der Waals surface area contributed by atoms with E-state index in [4.69, 9.17) is 4.74 Å². The van der Waals surface area contributed by atoms with Crippen LogP contribution in [-0.2, 0) is 16.1 Å². The lowest BCUT2D eigenvalue weighted by atomic mass is 10.1. The van der Waals surface area contributed by atoms with E-state index in [1.165, 1.54) is 0 Å². The molecule has 1 aliphatic rings. The second kappa shape index (κ2) is 7.56. The number of hydrogen-bond acceptors (Lipinski definition) is 4. The molecule has 0 spiro atoms. The summed E-state index contributed by atoms with van der Waals surface area (Å²) in [5.74, 6) is 0.884. The van der Waals surface area contributed by atoms with Crippen molar-refractivity contribution in [3.8, 4) is 16.9 Å². The van der Waals surface area contributed by atoms with Gasteiger partial charge in [-0.25, -0.2) is 4.68 Å². The van der Waals surface area contributed by atoms with Gasteiger partial charge in [0.15, 0.2) is 0 Å². The van der Waals surface area contributed by atoms with E-state index in [2.05, 4.69) is 15.7 Å². The maximum Gasteiger partial charge on any atom is 0.251 e. The molecular formula is C21H20N4O3. The van der Waals surface area contributed by atoms with Crippen molar-refractivity contribution in [2.45, 2.75) is 19.0 Å². The number of hydrogen-bond donors (Lipinski definition) is 2. The van der Waals surface area contributed by atoms with Crippen molar-refractivity contribution in [3.63, 3.8) is 0 Å². The fourth-order valence-electron chi connectivity index (χ4n) is 3.26. The van der Waals surface area contributed by atoms with Gasteiger partial charge >= 0.3 is 0 Å². The number of carbonyl (C=O) groups is 2. The van der Waals surface area contributed by atoms with Crippen molar-refractivity contribution in [3.05, 3.63) is 66.4 Å². The topological polar surface area (TPSA) is 85.2 Å². The van der Waals surface area contributed by atoms with Gasteiger partial charge < -0.3 is 15.4 Å². The first kappa shape index (κ1) is 17.8. The minimum Gasteiger partial charge on any atom is -0.497 e. The Balaban J connectivity index is 1.48. The molecule has 0 bridgehead atoms. The molecule has 0 fully saturated rings. The Hall–Kier alpha value is -3.61. The number of benzene rings is 2. The summed E-state index contributed by atoms with van der Waals surface area (Å²) in [4.78, 5) is 24.8. The van der Waals surface area contributed by atoms with E-state index in [1.807, 2.05) is 54.6 Å². The molecule has 0 radical (unpaired) electrons. The molecule has 1 aliphatic heterocycles. The highest BCUT2D eigenvalue weighted by molar-refractivity contribution is 6.02. The van der Waals surface area contributed by atoms with Gasteiger partial charge in [0.25, 0.3) is 5.91 Å². The number of aromatic nitrogens is 2. The van der Waals surface area contributed by atoms with Gasteiger partial charge in [0.05, 0.1) is 19.7 Å². The molecular weight excluding hydrogens is 356 g/mol. The standard InChI is InChI=1S/C21H20N4O3/c1-28-16-9-5-8-15(10-16)17-13-23-25-18(21(27)24-20(17)25)11-19(26)22-12-14-6-3-2-4-7-14/h2-10,13,18H,11-12H2,1H3,(H,22,26)(H,24,27). The molecule has 7 nitrogen and oxygen atoms in total. The predicted molar refractivity (Wildman–Crippen MR) is 105 cm³/mol. The number of rotatable bonds is 6. The number of anilines is 1. The Morgan fingerprint density at radius 2 is 2.04 bits per heavy atom. The first-order valence-corrected chi connectivity index (χ1v) is 8.99. The zero-order chi connectivity index (χ0) is 19.5. The largest absolute Gasteiger partial charge is 0.497 e. The normalized spacial score (nSPS) is 15.0. The number of fused-ring (bicyclic) bond motifs is 1. The summed E-state index contributed by atoms with van der Waals surface area (Å²) >= 11 is 0. The fraction of sp³-hybridized carbons (Fsp3) is 0.190. The van der Waals surface area contributed by atoms with Gasteiger partial charge in [-0.15, -0.1) is 0 Å². The number of methoxy groups -OCH3 is 1. The molecule has 0 saturated heterocycles. The highest BCUT2D eigenvalue weighted by atomic mass is 16.5. The number of ether oxygens (including phenoxy) is 1. The summed E-state index contributed by atoms with van der Waals surface area (Å²) in [7, 11) is 1.60. The molecule has 142 valence electrons. The van der Waals surface area contributed by atoms with Gasteiger partial charge in [-0.1, -0.05) is 42.5 Å². The fourth-order valence-corrected chi connectivity index (χ4v) is 3.26. The molecule has 2 amide bonds. The van der Waals surface area contributed by atoms with Crippen molar-refractivity contribution >= 4 is 17.6 Å². The summed E-state index contributed by atoms with van der Waals surface area (Å²) in [5, 5.41) is 10.1. The van der Waals surface area contributed by atoms with Gasteiger partial charge in [-0.05, 0) is 23.3 Å². The number of nitrogens with one attached hydrogen (secondary N) is 2. The SMILES string of the molecule is COc1cccc(-c2cnn3c2NC(=O)C3CC(=O)NCc2ccccc2)c1. The zero-order valence-electron chi connectivity index (χ0n) is 15.4. The van der Waals surface area contributed by atoms with Gasteiger partial charge in [0, 0.05) is 12.1 Å². The Morgan fingerprint density at radius 1 is 1.21 bits per heavy atom. The van der Waals surface area contributed by atoms with Gasteiger partial charge in [0.1, 0.15) is 17.6 Å². The number of nitrogens with zero attached hydrogens (tertiary/aromatic N) is 2. The second-order valence-electron chi connectivity index (χ2n) is 6.55. The van der Waals surface area contributed by atoms with Gasteiger partial charge in [0.2, 0.25) is 5.91 Å². The Kier molecular flexibility index (Phi) is 4.80. The van der Waals surface area contributed by atoms with Crippen LogP contribution in [0.3, 0.4) is 0 Å². The van der Waals surface area contributed by atoms with Crippen LogP contribution in [0.2, 0.25) is 0 Å². The predicted octanol–water partition coefficient (Wildman–Crippen LogP) is 2.76. The maximum absolute atomic E-state index is 12.4. The Bertz CT molecular complexity index is 1010. The number of carbonyl (C=O) groups excluding carboxylic acids is 2. The van der Waals surface area contributed by atoms with E-state index in [0.717, 1.165) is 22.4 Å². The highest BCUT2D eigenvalue weighted by Crippen LogP contribution is 2.36. The third-order valence-corrected chi connectivity index (χ3v) is 4.73. The minimum atomic E-state index is -0.662. The van der Waals surface area contributed by atoms with Crippen molar-refractivity contribution in [1.82, 2.24) is 15.1 Å². The second-order valence-corrected chi connectivity index (χ2v) is 6.55. The molecule has 28 heavy (non-hydrogen) atoms. The van der Waals surface area contributed by atoms with Crippen LogP contribution >= 0.6 is 0 Å². The summed E-state index contributed by atoms with van der Waals surface area (Å²) in [6.45, 7) is 0.426. The molecule has 2 heterocycles. The summed E-state index contributed by atoms with van der Waals surface area (Å²) in [5.41, 5.74) is 2.68. The van der Waals surface area contributed by atoms with E-state index in [1.54, 1.807) is 18.0 Å². The lowest BCUT2D eigenvalue weighted by molar-refractivity contribution is -0.126. The Labute approximate surface area is 162 Å². The van der Waals surface area contributed by atoms with E-state index >= 15 is 0 Å². The lowest BCUT2D eigenvalue weighted by Crippen LogP contribution is -2.28. The average Bonchev–Trinajstić information content (AvgIpc) is 3.26. The van der Waals surface area contributed by atoms with E-state index < -0.39 is 6.04 Å². The third kappa shape index (κ3) is 3.46. The van der Waals surface area contributed by atoms with Crippen LogP contribution in [0, 0.1) is 0 Å². The van der Waals surface area contributed by atoms with Crippen molar-refractivity contribution < 1.29 is 14.3 Å². The summed E-state index contributed by atoms with van der Waals surface area (Å²) in [6.07, 6.45) is 1.73. The van der Waals surface area contributed by atoms with Crippen molar-refractivity contribution in [2.75, 3.05) is 12.4 Å². The van der Waals surface area contributed by atoms with Crippen LogP contribution in [0.5, 0.6) is 5.75 Å². The Morgan fingerprint density at radius 3 is 2.82 bits per heavy atom. The molecule has 0 saturated carbocycles. The van der Waals surface area contributed by atoms with Gasteiger partial charge in [-0.3, -0.25) is 9.59 Å². The molecule has 3 aromatic rings. The van der Waals surface area contributed by atoms with Crippen LogP contribution in [0.25, 0.3) is 11.1 Å². The highest BCUT2D eigenvalue weighted by Gasteiger charge is 2.35. The molecule has 1 atom stereocenters. The van der Waals surface area contributed by atoms with Crippen LogP contribution in [-0.4, -0.2) is 28.7 Å². The smallest absolute Gasteiger partial charge is 0.251 e. The van der Waals surface area contributed by atoms with Crippen LogP contribution in [0.4, 0.5) is 5.82 Å². The van der Waals surface area contributed by atoms with E-state index in [0.29, 0.717) is 12.4 Å². The molecule has 1 unspecified atom stereocenters. The maximum atomic E-state index is 12.4. The molecule has 4 rings (SSSR count). The number of amides is 2. The van der Waals surface area contributed by atoms with Crippen LogP contribution in [0.15, 0.2) is 60.8 Å². The van der Waals surface area contributed by atoms with E-state index in [9.17, 15) is 9.59 Å². The molecule has 0 aliphatic carbocycles. The first-order valence-electron chi connectivity index (χ1n) is 8.99. The van der Waals surface area contributed by atoms with Crippen LogP contribution < -0.4 is 15.4 Å². The summed E-state index contributed by atoms with van der Waals surface area (Å²) < 4.78 is 6.85. The zero-order valence-corrected chi connectivity index (χ0v) is 15.4. The molecule has 1 aromatic heterocycles. The van der Waals surface area contributed by atoms with Gasteiger partial charge in [-0.2, -0.15) is 5.10 Å². The molecule has 2 aromatic carbocycles. The monoisotopic (exact) mass is 376 g/mol. The molecule has 2 N–H and O–H groups in total. The quantitative estimate of drug-likeness (QED) is 0.693. The first-order chi connectivity index (χ1) is 13.7. The molecule has 7 heteroatoms. The van der Waals surface area contributed by atoms with Crippen LogP contribution in [0.1, 0.15) is 18.0 Å². The van der Waals surface area contributed by atoms with Crippen molar-refractivity contribution in [1.29, 1.82) is 0 Å². The average molecular weight is 376 g/mol.